The first kappa shape index (κ1) is 12.5. The molecule has 0 atom stereocenters. The Hall–Kier alpha value is -0.520. The van der Waals surface area contributed by atoms with Gasteiger partial charge >= 0.3 is 0 Å². The van der Waals surface area contributed by atoms with Crippen LogP contribution in [0.3, 0.4) is 0 Å². The van der Waals surface area contributed by atoms with E-state index in [2.05, 4.69) is 12.2 Å². The molecule has 3 rings (SSSR count). The van der Waals surface area contributed by atoms with E-state index in [1.54, 1.807) is 11.1 Å². The van der Waals surface area contributed by atoms with Gasteiger partial charge in [-0.05, 0) is 69.6 Å². The molecule has 0 aromatic carbocycles. The maximum absolute atomic E-state index is 2.51. The maximum atomic E-state index is 2.51. The third-order valence-corrected chi connectivity index (χ3v) is 5.52. The summed E-state index contributed by atoms with van der Waals surface area (Å²) in [6.07, 6.45) is 23.9. The fourth-order valence-corrected chi connectivity index (χ4v) is 4.45. The van der Waals surface area contributed by atoms with Crippen LogP contribution in [0.5, 0.6) is 0 Å². The summed E-state index contributed by atoms with van der Waals surface area (Å²) in [6.45, 7) is 0. The number of rotatable bonds is 1. The van der Waals surface area contributed by atoms with Crippen molar-refractivity contribution >= 4 is 0 Å². The molecule has 0 heteroatoms. The molecule has 0 bridgehead atoms. The summed E-state index contributed by atoms with van der Waals surface area (Å²) >= 11 is 0. The smallest absolute Gasteiger partial charge is 0.0260 e. The minimum atomic E-state index is 0.745. The van der Waals surface area contributed by atoms with Crippen LogP contribution < -0.4 is 0 Å². The van der Waals surface area contributed by atoms with Crippen LogP contribution in [0.2, 0.25) is 0 Å². The van der Waals surface area contributed by atoms with Crippen molar-refractivity contribution < 1.29 is 0 Å². The van der Waals surface area contributed by atoms with Gasteiger partial charge in [-0.2, -0.15) is 0 Å². The third kappa shape index (κ3) is 2.90. The second-order valence-corrected chi connectivity index (χ2v) is 6.95. The van der Waals surface area contributed by atoms with Gasteiger partial charge in [0, 0.05) is 0 Å². The van der Waals surface area contributed by atoms with Gasteiger partial charge in [-0.25, -0.2) is 0 Å². The van der Waals surface area contributed by atoms with Crippen LogP contribution in [-0.4, -0.2) is 0 Å². The van der Waals surface area contributed by atoms with E-state index in [0.29, 0.717) is 0 Å². The van der Waals surface area contributed by atoms with Crippen molar-refractivity contribution in [3.63, 3.8) is 0 Å². The summed E-state index contributed by atoms with van der Waals surface area (Å²) in [6, 6.07) is 0. The largest absolute Gasteiger partial charge is 0.0702 e. The van der Waals surface area contributed by atoms with Crippen molar-refractivity contribution in [1.82, 2.24) is 0 Å². The predicted molar refractivity (Wildman–Crippen MR) is 78.6 cm³/mol. The highest BCUT2D eigenvalue weighted by molar-refractivity contribution is 5.21. The Morgan fingerprint density at radius 2 is 1.22 bits per heavy atom. The Bertz CT molecular complexity index is 331. The van der Waals surface area contributed by atoms with Gasteiger partial charge in [-0.3, -0.25) is 0 Å². The molecule has 0 aromatic rings. The van der Waals surface area contributed by atoms with Crippen LogP contribution in [0.15, 0.2) is 23.3 Å². The fraction of sp³-hybridized carbons (Fsp3) is 0.778. The van der Waals surface area contributed by atoms with Gasteiger partial charge < -0.3 is 0 Å². The maximum Gasteiger partial charge on any atom is -0.0260 e. The van der Waals surface area contributed by atoms with Crippen LogP contribution in [0.25, 0.3) is 0 Å². The van der Waals surface area contributed by atoms with Crippen molar-refractivity contribution in [2.75, 3.05) is 0 Å². The second kappa shape index (κ2) is 5.63. The summed E-state index contributed by atoms with van der Waals surface area (Å²) in [5.74, 6) is 0. The Morgan fingerprint density at radius 3 is 2.00 bits per heavy atom. The topological polar surface area (TPSA) is 0 Å². The van der Waals surface area contributed by atoms with Crippen molar-refractivity contribution in [2.45, 2.75) is 83.5 Å². The van der Waals surface area contributed by atoms with E-state index in [1.807, 2.05) is 0 Å². The number of hydrogen-bond acceptors (Lipinski definition) is 0. The van der Waals surface area contributed by atoms with Crippen molar-refractivity contribution in [3.05, 3.63) is 23.3 Å². The van der Waals surface area contributed by atoms with Gasteiger partial charge in [0.25, 0.3) is 0 Å². The molecule has 0 N–H and O–H groups in total. The molecule has 0 nitrogen and oxygen atoms in total. The lowest BCUT2D eigenvalue weighted by molar-refractivity contribution is 0.234. The summed E-state index contributed by atoms with van der Waals surface area (Å²) in [5.41, 5.74) is 4.23. The van der Waals surface area contributed by atoms with E-state index >= 15 is 0 Å². The molecule has 3 fully saturated rings. The lowest BCUT2D eigenvalue weighted by Crippen LogP contribution is -2.21. The average Bonchev–Trinajstić information content (AvgIpc) is 2.86. The molecule has 3 aliphatic carbocycles. The summed E-state index contributed by atoms with van der Waals surface area (Å²) < 4.78 is 0. The normalized spacial score (nSPS) is 30.0. The van der Waals surface area contributed by atoms with E-state index < -0.39 is 0 Å². The number of hydrogen-bond donors (Lipinski definition) is 0. The first-order chi connectivity index (χ1) is 8.86. The SMILES string of the molecule is C(C=C1CCCC2(CCCC2)C1)=C1CCCCC1. The van der Waals surface area contributed by atoms with E-state index in [4.69, 9.17) is 0 Å². The van der Waals surface area contributed by atoms with Crippen LogP contribution >= 0.6 is 0 Å². The van der Waals surface area contributed by atoms with Gasteiger partial charge in [-0.1, -0.05) is 42.6 Å². The van der Waals surface area contributed by atoms with Crippen LogP contribution in [0.4, 0.5) is 0 Å². The molecule has 0 amide bonds. The van der Waals surface area contributed by atoms with E-state index in [0.717, 1.165) is 5.41 Å². The molecule has 1 spiro atoms. The van der Waals surface area contributed by atoms with Crippen molar-refractivity contribution in [2.24, 2.45) is 5.41 Å². The minimum absolute atomic E-state index is 0.745. The fourth-order valence-electron chi connectivity index (χ4n) is 4.45. The Morgan fingerprint density at radius 1 is 0.611 bits per heavy atom. The van der Waals surface area contributed by atoms with Crippen LogP contribution in [0.1, 0.15) is 83.5 Å². The first-order valence-electron chi connectivity index (χ1n) is 8.24. The molecule has 0 aromatic heterocycles. The molecule has 0 unspecified atom stereocenters. The van der Waals surface area contributed by atoms with Crippen LogP contribution in [0, 0.1) is 5.41 Å². The van der Waals surface area contributed by atoms with Crippen molar-refractivity contribution in [3.8, 4) is 0 Å². The minimum Gasteiger partial charge on any atom is -0.0702 e. The summed E-state index contributed by atoms with van der Waals surface area (Å²) in [4.78, 5) is 0. The second-order valence-electron chi connectivity index (χ2n) is 6.95. The Kier molecular flexibility index (Phi) is 3.91. The van der Waals surface area contributed by atoms with Crippen molar-refractivity contribution in [1.29, 1.82) is 0 Å². The van der Waals surface area contributed by atoms with E-state index in [-0.39, 0.29) is 0 Å². The molecule has 0 radical (unpaired) electrons. The van der Waals surface area contributed by atoms with E-state index in [1.165, 1.54) is 83.5 Å². The van der Waals surface area contributed by atoms with Gasteiger partial charge in [0.05, 0.1) is 0 Å². The standard InChI is InChI=1S/C18H28/c1-2-7-16(8-3-1)10-11-17-9-6-14-18(15-17)12-4-5-13-18/h10-11H,1-9,12-15H2. The Labute approximate surface area is 113 Å². The zero-order chi connectivity index (χ0) is 12.3. The van der Waals surface area contributed by atoms with Gasteiger partial charge in [-0.15, -0.1) is 0 Å². The lowest BCUT2D eigenvalue weighted by Gasteiger charge is -2.34. The van der Waals surface area contributed by atoms with Gasteiger partial charge in [0.1, 0.15) is 0 Å². The molecular weight excluding hydrogens is 216 g/mol. The first-order valence-corrected chi connectivity index (χ1v) is 8.24. The highest BCUT2D eigenvalue weighted by atomic mass is 14.4. The monoisotopic (exact) mass is 244 g/mol. The van der Waals surface area contributed by atoms with Gasteiger partial charge in [0.15, 0.2) is 0 Å². The summed E-state index contributed by atoms with van der Waals surface area (Å²) in [5, 5.41) is 0. The molecular formula is C18H28. The molecule has 3 aliphatic rings. The van der Waals surface area contributed by atoms with E-state index in [9.17, 15) is 0 Å². The molecule has 0 aliphatic heterocycles. The summed E-state index contributed by atoms with van der Waals surface area (Å²) in [7, 11) is 0. The van der Waals surface area contributed by atoms with Gasteiger partial charge in [0.2, 0.25) is 0 Å². The average molecular weight is 244 g/mol. The molecule has 0 heterocycles. The lowest BCUT2D eigenvalue weighted by atomic mass is 9.71. The highest BCUT2D eigenvalue weighted by Crippen LogP contribution is 2.50. The number of allylic oxidation sites excluding steroid dienone is 4. The molecule has 100 valence electrons. The zero-order valence-corrected chi connectivity index (χ0v) is 11.8. The third-order valence-electron chi connectivity index (χ3n) is 5.52. The van der Waals surface area contributed by atoms with Crippen LogP contribution in [-0.2, 0) is 0 Å². The molecule has 0 saturated heterocycles. The quantitative estimate of drug-likeness (QED) is 0.535. The zero-order valence-electron chi connectivity index (χ0n) is 11.8. The highest BCUT2D eigenvalue weighted by Gasteiger charge is 2.36. The molecule has 18 heavy (non-hydrogen) atoms. The molecule has 3 saturated carbocycles. The Balaban J connectivity index is 1.64. The predicted octanol–water partition coefficient (Wildman–Crippen LogP) is 5.94.